The highest BCUT2D eigenvalue weighted by molar-refractivity contribution is 6.28. The van der Waals surface area contributed by atoms with Gasteiger partial charge in [-0.05, 0) is 86.9 Å². The van der Waals surface area contributed by atoms with Gasteiger partial charge in [0.05, 0.1) is 16.7 Å². The SMILES string of the molecule is c1ccc(-c2ccc(-c3cccc4c5c(-c6ccccc6)c6c(cc5n(-c5ccc(N(c7ccccc7)c7cc8ccccc8c8ccccc78)cc5)c34)oc3ccccc36)cc2)cc1. The van der Waals surface area contributed by atoms with Crippen LogP contribution in [0.15, 0.2) is 247 Å². The number of hydrogen-bond donors (Lipinski definition) is 0. The third kappa shape index (κ3) is 5.97. The van der Waals surface area contributed by atoms with Gasteiger partial charge in [0.15, 0.2) is 0 Å². The van der Waals surface area contributed by atoms with Crippen molar-refractivity contribution in [2.45, 2.75) is 0 Å². The summed E-state index contributed by atoms with van der Waals surface area (Å²) in [5, 5.41) is 9.53. The number of benzene rings is 11. The molecule has 11 aromatic carbocycles. The van der Waals surface area contributed by atoms with Gasteiger partial charge in [0.1, 0.15) is 11.2 Å². The summed E-state index contributed by atoms with van der Waals surface area (Å²) >= 11 is 0. The van der Waals surface area contributed by atoms with Crippen LogP contribution in [-0.4, -0.2) is 4.57 Å². The van der Waals surface area contributed by atoms with Gasteiger partial charge in [0, 0.05) is 61.2 Å². The summed E-state index contributed by atoms with van der Waals surface area (Å²) in [6, 6.07) is 87.6. The van der Waals surface area contributed by atoms with Crippen molar-refractivity contribution in [2.24, 2.45) is 0 Å². The molecule has 0 aliphatic rings. The summed E-state index contributed by atoms with van der Waals surface area (Å²) in [7, 11) is 0. The largest absolute Gasteiger partial charge is 0.456 e. The maximum absolute atomic E-state index is 6.77. The molecule has 0 aliphatic carbocycles. The minimum Gasteiger partial charge on any atom is -0.456 e. The van der Waals surface area contributed by atoms with Gasteiger partial charge < -0.3 is 13.9 Å². The van der Waals surface area contributed by atoms with E-state index in [4.69, 9.17) is 4.42 Å². The van der Waals surface area contributed by atoms with Crippen LogP contribution in [0.1, 0.15) is 0 Å². The first kappa shape index (κ1) is 36.9. The molecule has 2 heterocycles. The number of anilines is 3. The van der Waals surface area contributed by atoms with E-state index >= 15 is 0 Å². The second-order valence-electron chi connectivity index (χ2n) is 16.8. The molecular weight excluding hydrogens is 789 g/mol. The first-order valence-corrected chi connectivity index (χ1v) is 22.3. The Morgan fingerprint density at radius 3 is 1.68 bits per heavy atom. The molecule has 0 N–H and O–H groups in total. The Morgan fingerprint density at radius 2 is 0.923 bits per heavy atom. The van der Waals surface area contributed by atoms with Gasteiger partial charge in [-0.2, -0.15) is 0 Å². The summed E-state index contributed by atoms with van der Waals surface area (Å²) in [6.45, 7) is 0. The lowest BCUT2D eigenvalue weighted by atomic mass is 9.93. The summed E-state index contributed by atoms with van der Waals surface area (Å²) in [5.41, 5.74) is 15.4. The lowest BCUT2D eigenvalue weighted by Crippen LogP contribution is -2.10. The van der Waals surface area contributed by atoms with Crippen molar-refractivity contribution in [1.82, 2.24) is 4.57 Å². The fraction of sp³-hybridized carbons (Fsp3) is 0. The highest BCUT2D eigenvalue weighted by Crippen LogP contribution is 2.49. The number of furan rings is 1. The zero-order valence-electron chi connectivity index (χ0n) is 35.4. The highest BCUT2D eigenvalue weighted by atomic mass is 16.3. The van der Waals surface area contributed by atoms with E-state index in [0.29, 0.717) is 0 Å². The van der Waals surface area contributed by atoms with Crippen LogP contribution in [-0.2, 0) is 0 Å². The summed E-state index contributed by atoms with van der Waals surface area (Å²) in [5.74, 6) is 0. The topological polar surface area (TPSA) is 21.3 Å². The third-order valence-electron chi connectivity index (χ3n) is 13.1. The van der Waals surface area contributed by atoms with Gasteiger partial charge in [-0.1, -0.05) is 188 Å². The molecule has 0 bridgehead atoms. The number of rotatable bonds is 7. The van der Waals surface area contributed by atoms with Crippen molar-refractivity contribution < 1.29 is 4.42 Å². The van der Waals surface area contributed by atoms with E-state index in [1.54, 1.807) is 0 Å². The molecule has 0 unspecified atom stereocenters. The summed E-state index contributed by atoms with van der Waals surface area (Å²) < 4.78 is 9.24. The van der Waals surface area contributed by atoms with Crippen LogP contribution in [0.25, 0.3) is 104 Å². The standard InChI is InChI=1S/C62H40N2O/c1-4-17-41(18-5-1)42-31-33-43(34-32-42)50-28-16-29-54-60-56(40-58-61(53-27-14-15-30-57(53)65-58)59(60)44-19-6-2-7-20-44)64(62(50)54)48-37-35-47(36-38-48)63(46-22-8-3-9-23-46)55-39-45-21-10-11-24-49(45)51-25-12-13-26-52(51)55/h1-40H. The van der Waals surface area contributed by atoms with Gasteiger partial charge in [-0.3, -0.25) is 0 Å². The number of nitrogens with zero attached hydrogens (tertiary/aromatic N) is 2. The fourth-order valence-corrected chi connectivity index (χ4v) is 10.3. The van der Waals surface area contributed by atoms with Crippen LogP contribution in [0.5, 0.6) is 0 Å². The molecule has 0 aliphatic heterocycles. The van der Waals surface area contributed by atoms with Crippen molar-refractivity contribution in [3.05, 3.63) is 243 Å². The Kier molecular flexibility index (Phi) is 8.53. The molecule has 0 atom stereocenters. The third-order valence-corrected chi connectivity index (χ3v) is 13.1. The van der Waals surface area contributed by atoms with Crippen molar-refractivity contribution in [1.29, 1.82) is 0 Å². The quantitative estimate of drug-likeness (QED) is 0.149. The van der Waals surface area contributed by atoms with Gasteiger partial charge in [0.25, 0.3) is 0 Å². The van der Waals surface area contributed by atoms with Crippen molar-refractivity contribution in [3.8, 4) is 39.1 Å². The molecular formula is C62H40N2O. The van der Waals surface area contributed by atoms with E-state index in [0.717, 1.165) is 72.4 Å². The lowest BCUT2D eigenvalue weighted by Gasteiger charge is -2.28. The summed E-state index contributed by atoms with van der Waals surface area (Å²) in [6.07, 6.45) is 0. The molecule has 3 heteroatoms. The number of para-hydroxylation sites is 3. The van der Waals surface area contributed by atoms with Gasteiger partial charge >= 0.3 is 0 Å². The molecule has 0 fully saturated rings. The van der Waals surface area contributed by atoms with Crippen LogP contribution >= 0.6 is 0 Å². The Labute approximate surface area is 376 Å². The molecule has 0 saturated heterocycles. The van der Waals surface area contributed by atoms with E-state index in [1.807, 2.05) is 0 Å². The van der Waals surface area contributed by atoms with Crippen molar-refractivity contribution >= 4 is 82.4 Å². The second-order valence-corrected chi connectivity index (χ2v) is 16.8. The van der Waals surface area contributed by atoms with Crippen LogP contribution in [0.2, 0.25) is 0 Å². The molecule has 65 heavy (non-hydrogen) atoms. The predicted octanol–water partition coefficient (Wildman–Crippen LogP) is 17.5. The Hall–Kier alpha value is -8.66. The van der Waals surface area contributed by atoms with Crippen molar-refractivity contribution in [3.63, 3.8) is 0 Å². The smallest absolute Gasteiger partial charge is 0.138 e. The molecule has 2 aromatic heterocycles. The Morgan fingerprint density at radius 1 is 0.354 bits per heavy atom. The molecule has 13 rings (SSSR count). The number of hydrogen-bond acceptors (Lipinski definition) is 2. The fourth-order valence-electron chi connectivity index (χ4n) is 10.3. The molecule has 0 radical (unpaired) electrons. The molecule has 0 saturated carbocycles. The van der Waals surface area contributed by atoms with E-state index < -0.39 is 0 Å². The number of aromatic nitrogens is 1. The minimum absolute atomic E-state index is 0.866. The van der Waals surface area contributed by atoms with Gasteiger partial charge in [-0.25, -0.2) is 0 Å². The first-order chi connectivity index (χ1) is 32.3. The molecule has 13 aromatic rings. The highest BCUT2D eigenvalue weighted by Gasteiger charge is 2.25. The Balaban J connectivity index is 1.08. The van der Waals surface area contributed by atoms with E-state index in [1.165, 1.54) is 49.0 Å². The zero-order valence-corrected chi connectivity index (χ0v) is 35.4. The van der Waals surface area contributed by atoms with Crippen LogP contribution in [0, 0.1) is 0 Å². The monoisotopic (exact) mass is 828 g/mol. The van der Waals surface area contributed by atoms with Crippen LogP contribution in [0.3, 0.4) is 0 Å². The van der Waals surface area contributed by atoms with Gasteiger partial charge in [-0.15, -0.1) is 0 Å². The average Bonchev–Trinajstić information content (AvgIpc) is 3.92. The normalized spacial score (nSPS) is 11.7. The van der Waals surface area contributed by atoms with Crippen LogP contribution in [0.4, 0.5) is 17.1 Å². The molecule has 0 spiro atoms. The molecule has 0 amide bonds. The van der Waals surface area contributed by atoms with Gasteiger partial charge in [0.2, 0.25) is 0 Å². The summed E-state index contributed by atoms with van der Waals surface area (Å²) in [4.78, 5) is 2.40. The van der Waals surface area contributed by atoms with Crippen LogP contribution < -0.4 is 4.90 Å². The van der Waals surface area contributed by atoms with Crippen molar-refractivity contribution in [2.75, 3.05) is 4.90 Å². The molecule has 304 valence electrons. The molecule has 3 nitrogen and oxygen atoms in total. The Bertz CT molecular complexity index is 3910. The lowest BCUT2D eigenvalue weighted by molar-refractivity contribution is 0.669. The predicted molar refractivity (Wildman–Crippen MR) is 274 cm³/mol. The average molecular weight is 829 g/mol. The maximum atomic E-state index is 6.77. The minimum atomic E-state index is 0.866. The first-order valence-electron chi connectivity index (χ1n) is 22.3. The van der Waals surface area contributed by atoms with E-state index in [-0.39, 0.29) is 0 Å². The second kappa shape index (κ2) is 15.0. The number of fused-ring (bicyclic) bond motifs is 9. The zero-order chi connectivity index (χ0) is 42.8. The maximum Gasteiger partial charge on any atom is 0.138 e. The van der Waals surface area contributed by atoms with E-state index in [9.17, 15) is 0 Å². The van der Waals surface area contributed by atoms with E-state index in [2.05, 4.69) is 252 Å².